The topological polar surface area (TPSA) is 15.8 Å². The van der Waals surface area contributed by atoms with Gasteiger partial charge in [0.15, 0.2) is 0 Å². The maximum Gasteiger partial charge on any atom is 0.416 e. The maximum atomic E-state index is 14.0. The number of rotatable bonds is 1. The summed E-state index contributed by atoms with van der Waals surface area (Å²) in [7, 11) is 0. The molecule has 0 saturated heterocycles. The van der Waals surface area contributed by atoms with E-state index in [1.165, 1.54) is 24.3 Å². The van der Waals surface area contributed by atoms with Gasteiger partial charge in [0.05, 0.1) is 11.1 Å². The van der Waals surface area contributed by atoms with Gasteiger partial charge in [0, 0.05) is 11.1 Å². The Morgan fingerprint density at radius 3 is 2.18 bits per heavy atom. The summed E-state index contributed by atoms with van der Waals surface area (Å²) in [6.07, 6.45) is -4.62. The minimum atomic E-state index is -4.62. The Labute approximate surface area is 122 Å². The van der Waals surface area contributed by atoms with Gasteiger partial charge in [-0.2, -0.15) is 13.2 Å². The van der Waals surface area contributed by atoms with Crippen LogP contribution in [0.25, 0.3) is 22.2 Å². The van der Waals surface area contributed by atoms with Crippen molar-refractivity contribution in [1.29, 1.82) is 0 Å². The fourth-order valence-electron chi connectivity index (χ4n) is 2.45. The molecule has 3 rings (SSSR count). The zero-order chi connectivity index (χ0) is 16.1. The van der Waals surface area contributed by atoms with Crippen LogP contribution in [0.2, 0.25) is 0 Å². The molecule has 0 aliphatic heterocycles. The second-order valence-electron chi connectivity index (χ2n) is 5.01. The van der Waals surface area contributed by atoms with Gasteiger partial charge in [-0.25, -0.2) is 8.78 Å². The van der Waals surface area contributed by atoms with E-state index < -0.39 is 23.4 Å². The summed E-state index contributed by atoms with van der Waals surface area (Å²) in [5, 5.41) is 0.159. The van der Waals surface area contributed by atoms with Gasteiger partial charge in [-0.3, -0.25) is 0 Å². The number of aryl methyl sites for hydroxylation is 1. The van der Waals surface area contributed by atoms with E-state index in [0.717, 1.165) is 6.07 Å². The molecule has 0 aliphatic carbocycles. The van der Waals surface area contributed by atoms with E-state index >= 15 is 0 Å². The lowest BCUT2D eigenvalue weighted by Gasteiger charge is -2.07. The highest BCUT2D eigenvalue weighted by Crippen LogP contribution is 2.36. The molecule has 0 bridgehead atoms. The van der Waals surface area contributed by atoms with Crippen molar-refractivity contribution < 1.29 is 22.0 Å². The van der Waals surface area contributed by atoms with Crippen LogP contribution in [-0.2, 0) is 6.18 Å². The summed E-state index contributed by atoms with van der Waals surface area (Å²) >= 11 is 0. The first-order valence-electron chi connectivity index (χ1n) is 6.42. The molecule has 2 aromatic carbocycles. The summed E-state index contributed by atoms with van der Waals surface area (Å²) in [4.78, 5) is 2.78. The van der Waals surface area contributed by atoms with Crippen molar-refractivity contribution in [3.05, 3.63) is 59.2 Å². The van der Waals surface area contributed by atoms with Crippen LogP contribution in [0, 0.1) is 18.6 Å². The van der Waals surface area contributed by atoms with Crippen LogP contribution in [0.15, 0.2) is 36.4 Å². The fraction of sp³-hybridized carbons (Fsp3) is 0.125. The molecule has 1 nitrogen and oxygen atoms in total. The second kappa shape index (κ2) is 4.83. The fourth-order valence-corrected chi connectivity index (χ4v) is 2.45. The Hall–Kier alpha value is -2.37. The molecule has 0 spiro atoms. The highest BCUT2D eigenvalue weighted by molar-refractivity contribution is 5.91. The third-order valence-electron chi connectivity index (χ3n) is 3.58. The van der Waals surface area contributed by atoms with Gasteiger partial charge in [-0.15, -0.1) is 0 Å². The number of aromatic nitrogens is 1. The third kappa shape index (κ3) is 2.34. The minimum Gasteiger partial charge on any atom is -0.352 e. The zero-order valence-corrected chi connectivity index (χ0v) is 11.4. The number of aromatic amines is 1. The minimum absolute atomic E-state index is 0.00447. The van der Waals surface area contributed by atoms with Gasteiger partial charge in [0.2, 0.25) is 0 Å². The molecule has 114 valence electrons. The molecule has 22 heavy (non-hydrogen) atoms. The smallest absolute Gasteiger partial charge is 0.352 e. The van der Waals surface area contributed by atoms with Crippen molar-refractivity contribution >= 4 is 10.9 Å². The van der Waals surface area contributed by atoms with E-state index in [-0.39, 0.29) is 10.9 Å². The van der Waals surface area contributed by atoms with E-state index in [9.17, 15) is 22.0 Å². The Kier molecular flexibility index (Phi) is 3.20. The molecular formula is C16H10F5N. The van der Waals surface area contributed by atoms with Crippen LogP contribution in [0.1, 0.15) is 11.1 Å². The monoisotopic (exact) mass is 311 g/mol. The summed E-state index contributed by atoms with van der Waals surface area (Å²) in [6, 6.07) is 6.81. The molecule has 0 amide bonds. The average Bonchev–Trinajstić information content (AvgIpc) is 2.77. The molecule has 0 saturated carbocycles. The van der Waals surface area contributed by atoms with Crippen molar-refractivity contribution in [3.8, 4) is 11.3 Å². The molecule has 3 aromatic rings. The Morgan fingerprint density at radius 2 is 1.59 bits per heavy atom. The zero-order valence-electron chi connectivity index (χ0n) is 11.4. The Bertz CT molecular complexity index is 844. The quantitative estimate of drug-likeness (QED) is 0.576. The molecule has 1 N–H and O–H groups in total. The second-order valence-corrected chi connectivity index (χ2v) is 5.01. The molecule has 0 fully saturated rings. The van der Waals surface area contributed by atoms with Crippen LogP contribution in [0.3, 0.4) is 0 Å². The highest BCUT2D eigenvalue weighted by Gasteiger charge is 2.32. The SMILES string of the molecule is Cc1c(-c2ccc(F)cc2)[nH]c2c(F)cc(C(F)(F)F)cc12. The van der Waals surface area contributed by atoms with E-state index in [1.54, 1.807) is 6.92 Å². The molecule has 0 aliphatic rings. The maximum absolute atomic E-state index is 14.0. The number of H-pyrrole nitrogens is 1. The van der Waals surface area contributed by atoms with E-state index in [1.807, 2.05) is 0 Å². The van der Waals surface area contributed by atoms with Gasteiger partial charge in [0.1, 0.15) is 11.6 Å². The molecule has 6 heteroatoms. The summed E-state index contributed by atoms with van der Waals surface area (Å²) in [5.74, 6) is -1.40. The molecule has 1 aromatic heterocycles. The van der Waals surface area contributed by atoms with Gasteiger partial charge >= 0.3 is 6.18 Å². The lowest BCUT2D eigenvalue weighted by molar-refractivity contribution is -0.137. The van der Waals surface area contributed by atoms with Crippen LogP contribution in [0.5, 0.6) is 0 Å². The van der Waals surface area contributed by atoms with Crippen LogP contribution in [-0.4, -0.2) is 4.98 Å². The lowest BCUT2D eigenvalue weighted by Crippen LogP contribution is -2.05. The predicted octanol–water partition coefficient (Wildman–Crippen LogP) is 5.44. The third-order valence-corrected chi connectivity index (χ3v) is 3.58. The Morgan fingerprint density at radius 1 is 0.955 bits per heavy atom. The van der Waals surface area contributed by atoms with Crippen molar-refractivity contribution in [1.82, 2.24) is 4.98 Å². The van der Waals surface area contributed by atoms with Crippen molar-refractivity contribution in [2.45, 2.75) is 13.1 Å². The number of benzene rings is 2. The van der Waals surface area contributed by atoms with Gasteiger partial charge in [0.25, 0.3) is 0 Å². The average molecular weight is 311 g/mol. The van der Waals surface area contributed by atoms with E-state index in [4.69, 9.17) is 0 Å². The molecule has 0 atom stereocenters. The van der Waals surface area contributed by atoms with Crippen molar-refractivity contribution in [2.75, 3.05) is 0 Å². The lowest BCUT2D eigenvalue weighted by atomic mass is 10.0. The number of hydrogen-bond acceptors (Lipinski definition) is 0. The van der Waals surface area contributed by atoms with Crippen LogP contribution in [0.4, 0.5) is 22.0 Å². The van der Waals surface area contributed by atoms with Crippen molar-refractivity contribution in [3.63, 3.8) is 0 Å². The number of nitrogens with one attached hydrogen (secondary N) is 1. The highest BCUT2D eigenvalue weighted by atomic mass is 19.4. The summed E-state index contributed by atoms with van der Waals surface area (Å²) in [6.45, 7) is 1.59. The summed E-state index contributed by atoms with van der Waals surface area (Å²) in [5.41, 5.74) is 0.484. The number of alkyl halides is 3. The van der Waals surface area contributed by atoms with Crippen LogP contribution >= 0.6 is 0 Å². The Balaban J connectivity index is 2.25. The standard InChI is InChI=1S/C16H10F5N/c1-8-12-6-10(16(19,20)21)7-13(18)15(12)22-14(8)9-2-4-11(17)5-3-9/h2-7,22H,1H3. The first-order chi connectivity index (χ1) is 10.3. The van der Waals surface area contributed by atoms with Gasteiger partial charge < -0.3 is 4.98 Å². The molecule has 0 unspecified atom stereocenters. The largest absolute Gasteiger partial charge is 0.416 e. The number of hydrogen-bond donors (Lipinski definition) is 1. The molecule has 1 heterocycles. The van der Waals surface area contributed by atoms with E-state index in [0.29, 0.717) is 22.9 Å². The van der Waals surface area contributed by atoms with Crippen LogP contribution < -0.4 is 0 Å². The number of fused-ring (bicyclic) bond motifs is 1. The molecular weight excluding hydrogens is 301 g/mol. The number of halogens is 5. The van der Waals surface area contributed by atoms with Crippen molar-refractivity contribution in [2.24, 2.45) is 0 Å². The first-order valence-corrected chi connectivity index (χ1v) is 6.42. The summed E-state index contributed by atoms with van der Waals surface area (Å²) < 4.78 is 65.3. The predicted molar refractivity (Wildman–Crippen MR) is 73.4 cm³/mol. The van der Waals surface area contributed by atoms with Gasteiger partial charge in [-0.1, -0.05) is 0 Å². The van der Waals surface area contributed by atoms with E-state index in [2.05, 4.69) is 4.98 Å². The first kappa shape index (κ1) is 14.6. The normalized spacial score (nSPS) is 12.1. The van der Waals surface area contributed by atoms with Gasteiger partial charge in [-0.05, 0) is 54.4 Å². The molecule has 0 radical (unpaired) electrons.